The van der Waals surface area contributed by atoms with Crippen molar-refractivity contribution in [2.24, 2.45) is 0 Å². The van der Waals surface area contributed by atoms with Gasteiger partial charge < -0.3 is 0 Å². The SMILES string of the molecule is Fc1ccc(Cn2nnnc2[C@@H](c2cccs2)N2CCCC2)cc1. The fourth-order valence-electron chi connectivity index (χ4n) is 3.20. The van der Waals surface area contributed by atoms with Crippen molar-refractivity contribution in [2.75, 3.05) is 13.1 Å². The summed E-state index contributed by atoms with van der Waals surface area (Å²) in [7, 11) is 0. The second-order valence-corrected chi connectivity index (χ2v) is 6.96. The van der Waals surface area contributed by atoms with Crippen LogP contribution in [0.2, 0.25) is 0 Å². The number of halogens is 1. The predicted octanol–water partition coefficient (Wildman–Crippen LogP) is 3.11. The molecule has 24 heavy (non-hydrogen) atoms. The number of benzene rings is 1. The Morgan fingerprint density at radius 2 is 1.92 bits per heavy atom. The van der Waals surface area contributed by atoms with Gasteiger partial charge in [-0.15, -0.1) is 16.4 Å². The summed E-state index contributed by atoms with van der Waals surface area (Å²) >= 11 is 1.73. The molecule has 0 saturated carbocycles. The fourth-order valence-corrected chi connectivity index (χ4v) is 4.05. The van der Waals surface area contributed by atoms with Gasteiger partial charge in [0.1, 0.15) is 11.9 Å². The van der Waals surface area contributed by atoms with Gasteiger partial charge in [-0.1, -0.05) is 18.2 Å². The van der Waals surface area contributed by atoms with Crippen LogP contribution in [-0.4, -0.2) is 38.2 Å². The van der Waals surface area contributed by atoms with Crippen LogP contribution in [0.5, 0.6) is 0 Å². The summed E-state index contributed by atoms with van der Waals surface area (Å²) in [6, 6.07) is 10.8. The summed E-state index contributed by atoms with van der Waals surface area (Å²) in [5, 5.41) is 14.5. The van der Waals surface area contributed by atoms with Crippen molar-refractivity contribution in [1.82, 2.24) is 25.1 Å². The Hall–Kier alpha value is -2.12. The molecular formula is C17H18FN5S. The molecule has 0 bridgehead atoms. The number of hydrogen-bond donors (Lipinski definition) is 0. The summed E-state index contributed by atoms with van der Waals surface area (Å²) in [6.07, 6.45) is 2.42. The second-order valence-electron chi connectivity index (χ2n) is 5.98. The Morgan fingerprint density at radius 3 is 2.62 bits per heavy atom. The molecule has 1 aliphatic rings. The van der Waals surface area contributed by atoms with Gasteiger partial charge in [-0.2, -0.15) is 0 Å². The molecule has 2 aromatic heterocycles. The highest BCUT2D eigenvalue weighted by Crippen LogP contribution is 2.32. The summed E-state index contributed by atoms with van der Waals surface area (Å²) in [5.74, 6) is 0.618. The lowest BCUT2D eigenvalue weighted by molar-refractivity contribution is 0.268. The molecule has 1 fully saturated rings. The van der Waals surface area contributed by atoms with Crippen LogP contribution >= 0.6 is 11.3 Å². The topological polar surface area (TPSA) is 46.8 Å². The Kier molecular flexibility index (Phi) is 4.36. The van der Waals surface area contributed by atoms with Crippen molar-refractivity contribution >= 4 is 11.3 Å². The lowest BCUT2D eigenvalue weighted by Gasteiger charge is -2.25. The van der Waals surface area contributed by atoms with Gasteiger partial charge in [0, 0.05) is 4.88 Å². The molecule has 0 N–H and O–H groups in total. The van der Waals surface area contributed by atoms with E-state index in [9.17, 15) is 4.39 Å². The highest BCUT2D eigenvalue weighted by atomic mass is 32.1. The number of tetrazole rings is 1. The maximum absolute atomic E-state index is 13.1. The molecule has 3 aromatic rings. The van der Waals surface area contributed by atoms with E-state index in [0.717, 1.165) is 24.5 Å². The van der Waals surface area contributed by atoms with E-state index in [4.69, 9.17) is 0 Å². The maximum atomic E-state index is 13.1. The van der Waals surface area contributed by atoms with Gasteiger partial charge in [0.05, 0.1) is 6.54 Å². The summed E-state index contributed by atoms with van der Waals surface area (Å²) in [6.45, 7) is 2.66. The van der Waals surface area contributed by atoms with Gasteiger partial charge in [0.15, 0.2) is 5.82 Å². The molecule has 1 saturated heterocycles. The monoisotopic (exact) mass is 343 g/mol. The van der Waals surface area contributed by atoms with Gasteiger partial charge in [0.25, 0.3) is 0 Å². The van der Waals surface area contributed by atoms with Gasteiger partial charge in [-0.3, -0.25) is 4.90 Å². The van der Waals surface area contributed by atoms with Crippen LogP contribution in [-0.2, 0) is 6.54 Å². The van der Waals surface area contributed by atoms with Crippen LogP contribution in [0.4, 0.5) is 4.39 Å². The number of nitrogens with zero attached hydrogens (tertiary/aromatic N) is 5. The Morgan fingerprint density at radius 1 is 1.12 bits per heavy atom. The van der Waals surface area contributed by atoms with Gasteiger partial charge in [-0.25, -0.2) is 9.07 Å². The van der Waals surface area contributed by atoms with Crippen molar-refractivity contribution in [3.8, 4) is 0 Å². The number of aromatic nitrogens is 4. The first kappa shape index (κ1) is 15.4. The lowest BCUT2D eigenvalue weighted by Crippen LogP contribution is -2.29. The quantitative estimate of drug-likeness (QED) is 0.714. The third-order valence-corrected chi connectivity index (χ3v) is 5.29. The van der Waals surface area contributed by atoms with E-state index in [2.05, 4.69) is 37.9 Å². The summed E-state index contributed by atoms with van der Waals surface area (Å²) in [4.78, 5) is 3.70. The minimum atomic E-state index is -0.232. The fraction of sp³-hybridized carbons (Fsp3) is 0.353. The molecule has 1 atom stereocenters. The van der Waals surface area contributed by atoms with Crippen LogP contribution in [0.1, 0.15) is 35.1 Å². The van der Waals surface area contributed by atoms with Crippen LogP contribution < -0.4 is 0 Å². The summed E-state index contributed by atoms with van der Waals surface area (Å²) in [5.41, 5.74) is 0.983. The zero-order chi connectivity index (χ0) is 16.4. The molecule has 0 radical (unpaired) electrons. The van der Waals surface area contributed by atoms with Crippen molar-refractivity contribution in [3.63, 3.8) is 0 Å². The van der Waals surface area contributed by atoms with E-state index in [1.165, 1.54) is 29.9 Å². The molecule has 0 amide bonds. The average molecular weight is 343 g/mol. The van der Waals surface area contributed by atoms with Crippen molar-refractivity contribution in [3.05, 3.63) is 63.9 Å². The molecule has 0 unspecified atom stereocenters. The minimum Gasteiger partial charge on any atom is -0.289 e. The van der Waals surface area contributed by atoms with Crippen LogP contribution in [0, 0.1) is 5.82 Å². The number of likely N-dealkylation sites (tertiary alicyclic amines) is 1. The molecule has 1 aromatic carbocycles. The predicted molar refractivity (Wildman–Crippen MR) is 90.3 cm³/mol. The standard InChI is InChI=1S/C17H18FN5S/c18-14-7-5-13(6-8-14)12-23-17(19-20-21-23)16(15-4-3-11-24-15)22-9-1-2-10-22/h3-8,11,16H,1-2,9-10,12H2/t16-/m1/s1. The molecule has 1 aliphatic heterocycles. The van der Waals surface area contributed by atoms with Crippen molar-refractivity contribution in [1.29, 1.82) is 0 Å². The maximum Gasteiger partial charge on any atom is 0.174 e. The molecule has 124 valence electrons. The number of thiophene rings is 1. The first-order valence-electron chi connectivity index (χ1n) is 8.09. The van der Waals surface area contributed by atoms with Gasteiger partial charge in [0.2, 0.25) is 0 Å². The van der Waals surface area contributed by atoms with Crippen LogP contribution in [0.3, 0.4) is 0 Å². The third-order valence-electron chi connectivity index (χ3n) is 4.37. The number of rotatable bonds is 5. The van der Waals surface area contributed by atoms with Crippen LogP contribution in [0.25, 0.3) is 0 Å². The minimum absolute atomic E-state index is 0.0861. The Bertz CT molecular complexity index is 778. The average Bonchev–Trinajstić information content (AvgIpc) is 3.34. The van der Waals surface area contributed by atoms with Gasteiger partial charge >= 0.3 is 0 Å². The summed E-state index contributed by atoms with van der Waals surface area (Å²) < 4.78 is 14.9. The molecule has 5 nitrogen and oxygen atoms in total. The molecular weight excluding hydrogens is 325 g/mol. The zero-order valence-electron chi connectivity index (χ0n) is 13.2. The van der Waals surface area contributed by atoms with E-state index in [1.54, 1.807) is 23.5 Å². The van der Waals surface area contributed by atoms with Crippen molar-refractivity contribution < 1.29 is 4.39 Å². The first-order chi connectivity index (χ1) is 11.8. The van der Waals surface area contributed by atoms with Crippen LogP contribution in [0.15, 0.2) is 41.8 Å². The largest absolute Gasteiger partial charge is 0.289 e. The number of hydrogen-bond acceptors (Lipinski definition) is 5. The zero-order valence-corrected chi connectivity index (χ0v) is 14.0. The Balaban J connectivity index is 1.66. The molecule has 7 heteroatoms. The van der Waals surface area contributed by atoms with E-state index >= 15 is 0 Å². The van der Waals surface area contributed by atoms with E-state index < -0.39 is 0 Å². The van der Waals surface area contributed by atoms with Gasteiger partial charge in [-0.05, 0) is 65.5 Å². The molecule has 0 aliphatic carbocycles. The normalized spacial score (nSPS) is 16.5. The van der Waals surface area contributed by atoms with E-state index in [-0.39, 0.29) is 11.9 Å². The molecule has 3 heterocycles. The third kappa shape index (κ3) is 3.09. The molecule has 4 rings (SSSR count). The molecule has 0 spiro atoms. The first-order valence-corrected chi connectivity index (χ1v) is 8.97. The second kappa shape index (κ2) is 6.78. The van der Waals surface area contributed by atoms with E-state index in [0.29, 0.717) is 6.54 Å². The van der Waals surface area contributed by atoms with E-state index in [1.807, 2.05) is 4.68 Å². The highest BCUT2D eigenvalue weighted by molar-refractivity contribution is 7.10. The highest BCUT2D eigenvalue weighted by Gasteiger charge is 2.30. The lowest BCUT2D eigenvalue weighted by atomic mass is 10.2. The smallest absolute Gasteiger partial charge is 0.174 e. The Labute approximate surface area is 143 Å². The van der Waals surface area contributed by atoms with Crippen molar-refractivity contribution in [2.45, 2.75) is 25.4 Å².